The molecule has 2 atom stereocenters. The predicted molar refractivity (Wildman–Crippen MR) is 108 cm³/mol. The van der Waals surface area contributed by atoms with Gasteiger partial charge in [0.15, 0.2) is 5.75 Å². The first-order valence-corrected chi connectivity index (χ1v) is 9.82. The summed E-state index contributed by atoms with van der Waals surface area (Å²) < 4.78 is 51.8. The number of ether oxygens (including phenoxy) is 2. The zero-order valence-electron chi connectivity index (χ0n) is 16.9. The van der Waals surface area contributed by atoms with Gasteiger partial charge in [0.1, 0.15) is 29.2 Å². The van der Waals surface area contributed by atoms with Crippen LogP contribution in [0.1, 0.15) is 42.8 Å². The molecule has 0 radical (unpaired) electrons. The van der Waals surface area contributed by atoms with Gasteiger partial charge in [0.05, 0.1) is 30.2 Å². The molecule has 0 unspecified atom stereocenters. The molecule has 2 aromatic heterocycles. The number of rotatable bonds is 6. The van der Waals surface area contributed by atoms with Crippen molar-refractivity contribution in [1.29, 1.82) is 0 Å². The minimum Gasteiger partial charge on any atom is -0.482 e. The van der Waals surface area contributed by atoms with Crippen molar-refractivity contribution in [2.75, 3.05) is 18.5 Å². The molecule has 0 saturated carbocycles. The molecular weight excluding hydrogens is 413 g/mol. The number of anilines is 1. The van der Waals surface area contributed by atoms with E-state index in [9.17, 15) is 18.0 Å². The number of nitrogens with one attached hydrogen (secondary N) is 2. The van der Waals surface area contributed by atoms with Crippen molar-refractivity contribution in [3.05, 3.63) is 57.4 Å². The van der Waals surface area contributed by atoms with Crippen LogP contribution < -0.4 is 15.6 Å². The lowest BCUT2D eigenvalue weighted by Gasteiger charge is -2.19. The third-order valence-electron chi connectivity index (χ3n) is 5.08. The van der Waals surface area contributed by atoms with E-state index in [1.165, 1.54) is 18.2 Å². The van der Waals surface area contributed by atoms with Crippen molar-refractivity contribution in [1.82, 2.24) is 15.0 Å². The molecule has 31 heavy (non-hydrogen) atoms. The van der Waals surface area contributed by atoms with E-state index in [1.807, 2.05) is 0 Å². The maximum Gasteiger partial charge on any atom is 0.291 e. The minimum absolute atomic E-state index is 0.0752. The van der Waals surface area contributed by atoms with Crippen molar-refractivity contribution in [3.8, 4) is 5.75 Å². The summed E-state index contributed by atoms with van der Waals surface area (Å²) in [5, 5.41) is 3.51. The average Bonchev–Trinajstić information content (AvgIpc) is 3.22. The number of fused-ring (bicyclic) bond motifs is 1. The van der Waals surface area contributed by atoms with Crippen LogP contribution in [0.2, 0.25) is 0 Å². The van der Waals surface area contributed by atoms with E-state index < -0.39 is 29.4 Å². The molecule has 2 N–H and O–H groups in total. The summed E-state index contributed by atoms with van der Waals surface area (Å²) in [7, 11) is 0. The Balaban J connectivity index is 1.71. The van der Waals surface area contributed by atoms with E-state index in [0.29, 0.717) is 36.7 Å². The van der Waals surface area contributed by atoms with Crippen molar-refractivity contribution in [2.45, 2.75) is 38.8 Å². The van der Waals surface area contributed by atoms with Gasteiger partial charge in [-0.2, -0.15) is 0 Å². The smallest absolute Gasteiger partial charge is 0.291 e. The maximum absolute atomic E-state index is 14.6. The summed E-state index contributed by atoms with van der Waals surface area (Å²) in [6, 6.07) is 4.71. The summed E-state index contributed by atoms with van der Waals surface area (Å²) in [6.07, 6.45) is -2.48. The molecule has 3 aromatic rings. The lowest BCUT2D eigenvalue weighted by Crippen LogP contribution is -2.21. The van der Waals surface area contributed by atoms with Crippen LogP contribution in [0, 0.1) is 12.7 Å². The van der Waals surface area contributed by atoms with Gasteiger partial charge < -0.3 is 19.8 Å². The molecule has 10 heteroatoms. The maximum atomic E-state index is 14.6. The third-order valence-corrected chi connectivity index (χ3v) is 5.08. The van der Waals surface area contributed by atoms with E-state index >= 15 is 0 Å². The SMILES string of the molecule is Cc1nc(N[C@H](C)c2cccc(C(F)F)c2F)c2cc(O[C@H]3CCOC3)c(=O)[nH]c2n1. The van der Waals surface area contributed by atoms with Gasteiger partial charge in [0, 0.05) is 18.1 Å². The molecule has 1 fully saturated rings. The van der Waals surface area contributed by atoms with Crippen molar-refractivity contribution in [2.24, 2.45) is 0 Å². The number of H-pyrrole nitrogens is 1. The molecule has 4 rings (SSSR count). The highest BCUT2D eigenvalue weighted by Gasteiger charge is 2.22. The first-order chi connectivity index (χ1) is 14.8. The molecule has 3 heterocycles. The number of hydrogen-bond acceptors (Lipinski definition) is 6. The Hall–Kier alpha value is -3.14. The Bertz CT molecular complexity index is 1160. The summed E-state index contributed by atoms with van der Waals surface area (Å²) in [6.45, 7) is 4.23. The van der Waals surface area contributed by atoms with Gasteiger partial charge in [-0.15, -0.1) is 0 Å². The quantitative estimate of drug-likeness (QED) is 0.609. The largest absolute Gasteiger partial charge is 0.482 e. The van der Waals surface area contributed by atoms with Gasteiger partial charge in [0.25, 0.3) is 12.0 Å². The lowest BCUT2D eigenvalue weighted by molar-refractivity contribution is 0.140. The molecule has 1 saturated heterocycles. The topological polar surface area (TPSA) is 89.1 Å². The molecule has 0 aliphatic carbocycles. The normalized spacial score (nSPS) is 17.3. The van der Waals surface area contributed by atoms with Crippen LogP contribution in [-0.2, 0) is 4.74 Å². The fourth-order valence-electron chi connectivity index (χ4n) is 3.52. The van der Waals surface area contributed by atoms with Crippen LogP contribution in [0.4, 0.5) is 19.0 Å². The molecule has 1 aromatic carbocycles. The number of aryl methyl sites for hydroxylation is 1. The van der Waals surface area contributed by atoms with Crippen LogP contribution in [-0.4, -0.2) is 34.3 Å². The highest BCUT2D eigenvalue weighted by atomic mass is 19.3. The molecule has 0 amide bonds. The Morgan fingerprint density at radius 3 is 2.77 bits per heavy atom. The van der Waals surface area contributed by atoms with Gasteiger partial charge in [-0.3, -0.25) is 4.79 Å². The van der Waals surface area contributed by atoms with Gasteiger partial charge in [-0.1, -0.05) is 18.2 Å². The number of benzene rings is 1. The fraction of sp³-hybridized carbons (Fsp3) is 0.381. The Morgan fingerprint density at radius 2 is 2.06 bits per heavy atom. The van der Waals surface area contributed by atoms with Crippen molar-refractivity contribution < 1.29 is 22.6 Å². The van der Waals surface area contributed by atoms with Crippen molar-refractivity contribution in [3.63, 3.8) is 0 Å². The summed E-state index contributed by atoms with van der Waals surface area (Å²) >= 11 is 0. The second-order valence-corrected chi connectivity index (χ2v) is 7.37. The number of pyridine rings is 1. The van der Waals surface area contributed by atoms with Crippen LogP contribution in [0.25, 0.3) is 11.0 Å². The second-order valence-electron chi connectivity index (χ2n) is 7.37. The predicted octanol–water partition coefficient (Wildman–Crippen LogP) is 4.04. The second kappa shape index (κ2) is 8.54. The average molecular weight is 434 g/mol. The van der Waals surface area contributed by atoms with E-state index in [1.54, 1.807) is 13.8 Å². The minimum atomic E-state index is -2.92. The zero-order chi connectivity index (χ0) is 22.1. The zero-order valence-corrected chi connectivity index (χ0v) is 16.9. The molecular formula is C21H21F3N4O3. The van der Waals surface area contributed by atoms with Gasteiger partial charge in [-0.05, 0) is 13.8 Å². The molecule has 0 spiro atoms. The number of aromatic amines is 1. The third kappa shape index (κ3) is 4.34. The molecule has 7 nitrogen and oxygen atoms in total. The van der Waals surface area contributed by atoms with Crippen LogP contribution in [0.3, 0.4) is 0 Å². The van der Waals surface area contributed by atoms with Gasteiger partial charge in [0.2, 0.25) is 0 Å². The number of halogens is 3. The highest BCUT2D eigenvalue weighted by Crippen LogP contribution is 2.30. The lowest BCUT2D eigenvalue weighted by atomic mass is 10.0. The standard InChI is InChI=1S/C21H21F3N4O3/c1-10(13-4-3-5-14(17(13)22)18(23)24)25-19-15-8-16(31-12-6-7-30-9-12)21(29)28-20(15)27-11(2)26-19/h3-5,8,10,12,18H,6-7,9H2,1-2H3,(H2,25,26,27,28,29)/t10-,12+/m1/s1. The van der Waals surface area contributed by atoms with E-state index in [-0.39, 0.29) is 23.1 Å². The Morgan fingerprint density at radius 1 is 1.29 bits per heavy atom. The first-order valence-electron chi connectivity index (χ1n) is 9.82. The summed E-state index contributed by atoms with van der Waals surface area (Å²) in [5.41, 5.74) is -0.740. The van der Waals surface area contributed by atoms with E-state index in [2.05, 4.69) is 20.3 Å². The van der Waals surface area contributed by atoms with E-state index in [4.69, 9.17) is 9.47 Å². The van der Waals surface area contributed by atoms with Gasteiger partial charge in [-0.25, -0.2) is 23.1 Å². The first kappa shape index (κ1) is 21.1. The number of alkyl halides is 2. The highest BCUT2D eigenvalue weighted by molar-refractivity contribution is 5.87. The number of nitrogens with zero attached hydrogens (tertiary/aromatic N) is 2. The van der Waals surface area contributed by atoms with Crippen LogP contribution in [0.5, 0.6) is 5.75 Å². The molecule has 164 valence electrons. The number of hydrogen-bond donors (Lipinski definition) is 2. The fourth-order valence-corrected chi connectivity index (χ4v) is 3.52. The molecule has 1 aliphatic rings. The summed E-state index contributed by atoms with van der Waals surface area (Å²) in [4.78, 5) is 23.7. The molecule has 0 bridgehead atoms. The van der Waals surface area contributed by atoms with Crippen molar-refractivity contribution >= 4 is 16.9 Å². The van der Waals surface area contributed by atoms with Crippen LogP contribution >= 0.6 is 0 Å². The Labute approximate surface area is 175 Å². The summed E-state index contributed by atoms with van der Waals surface area (Å²) in [5.74, 6) is -0.179. The number of aromatic nitrogens is 3. The Kier molecular flexibility index (Phi) is 5.81. The molecule has 1 aliphatic heterocycles. The monoisotopic (exact) mass is 434 g/mol. The van der Waals surface area contributed by atoms with Crippen LogP contribution in [0.15, 0.2) is 29.1 Å². The van der Waals surface area contributed by atoms with Gasteiger partial charge >= 0.3 is 0 Å². The van der Waals surface area contributed by atoms with E-state index in [0.717, 1.165) is 6.07 Å².